The average Bonchev–Trinajstić information content (AvgIpc) is 2.63. The van der Waals surface area contributed by atoms with Gasteiger partial charge in [-0.2, -0.15) is 0 Å². The van der Waals surface area contributed by atoms with E-state index in [1.165, 1.54) is 12.4 Å². The Balaban J connectivity index is 0.000000461. The highest BCUT2D eigenvalue weighted by molar-refractivity contribution is 6.05. The van der Waals surface area contributed by atoms with E-state index in [-0.39, 0.29) is 0 Å². The van der Waals surface area contributed by atoms with Crippen molar-refractivity contribution in [3.8, 4) is 0 Å². The van der Waals surface area contributed by atoms with Crippen molar-refractivity contribution >= 4 is 13.4 Å². The molecular formula is C10H14BN3. The molecule has 0 atom stereocenters. The van der Waals surface area contributed by atoms with Crippen molar-refractivity contribution in [3.05, 3.63) is 35.9 Å². The number of hydrogen-bond acceptors (Lipinski definition) is 2. The molecule has 0 unspecified atom stereocenters. The van der Waals surface area contributed by atoms with Gasteiger partial charge in [-0.05, 0) is 24.6 Å². The van der Waals surface area contributed by atoms with Crippen LogP contribution in [0.2, 0.25) is 6.82 Å². The van der Waals surface area contributed by atoms with E-state index >= 15 is 0 Å². The van der Waals surface area contributed by atoms with Crippen LogP contribution in [0.25, 0.3) is 5.52 Å². The summed E-state index contributed by atoms with van der Waals surface area (Å²) in [4.78, 5) is 4.19. The summed E-state index contributed by atoms with van der Waals surface area (Å²) >= 11 is 0. The molecule has 0 amide bonds. The van der Waals surface area contributed by atoms with Crippen LogP contribution in [-0.2, 0) is 6.54 Å². The molecule has 0 aliphatic heterocycles. The SMILES string of the molecule is Cc1ccn2cnc(CN)c2c1.[B]C. The van der Waals surface area contributed by atoms with Crippen LogP contribution in [0.4, 0.5) is 0 Å². The maximum Gasteiger partial charge on any atom is 0.0996 e. The second-order valence-corrected chi connectivity index (χ2v) is 2.89. The summed E-state index contributed by atoms with van der Waals surface area (Å²) in [7, 11) is 4.50. The van der Waals surface area contributed by atoms with E-state index in [4.69, 9.17) is 5.73 Å². The molecule has 14 heavy (non-hydrogen) atoms. The summed E-state index contributed by atoms with van der Waals surface area (Å²) in [6, 6.07) is 4.14. The van der Waals surface area contributed by atoms with Crippen molar-refractivity contribution in [2.24, 2.45) is 5.73 Å². The fourth-order valence-corrected chi connectivity index (χ4v) is 1.30. The maximum atomic E-state index is 5.53. The van der Waals surface area contributed by atoms with Crippen molar-refractivity contribution in [1.82, 2.24) is 9.38 Å². The van der Waals surface area contributed by atoms with Gasteiger partial charge in [0, 0.05) is 12.7 Å². The van der Waals surface area contributed by atoms with Gasteiger partial charge in [-0.1, -0.05) is 6.82 Å². The van der Waals surface area contributed by atoms with E-state index in [1.807, 2.05) is 10.6 Å². The molecule has 2 heterocycles. The highest BCUT2D eigenvalue weighted by Gasteiger charge is 2.00. The Hall–Kier alpha value is -1.29. The van der Waals surface area contributed by atoms with Gasteiger partial charge in [0.05, 0.1) is 25.4 Å². The third-order valence-electron chi connectivity index (χ3n) is 1.97. The van der Waals surface area contributed by atoms with Crippen LogP contribution in [0.3, 0.4) is 0 Å². The number of aromatic nitrogens is 2. The fourth-order valence-electron chi connectivity index (χ4n) is 1.30. The molecule has 0 aromatic carbocycles. The molecule has 0 fully saturated rings. The average molecular weight is 187 g/mol. The standard InChI is InChI=1S/C9H11N3.CH3B/c1-7-2-3-12-6-11-8(5-10)9(12)4-7;1-2/h2-4,6H,5,10H2,1H3;1H3. The van der Waals surface area contributed by atoms with Gasteiger partial charge in [-0.15, -0.1) is 0 Å². The summed E-state index contributed by atoms with van der Waals surface area (Å²) in [5.74, 6) is 0. The normalized spacial score (nSPS) is 9.64. The minimum Gasteiger partial charge on any atom is -0.325 e. The van der Waals surface area contributed by atoms with Crippen LogP contribution in [0.1, 0.15) is 11.3 Å². The van der Waals surface area contributed by atoms with Crippen LogP contribution < -0.4 is 5.73 Å². The Morgan fingerprint density at radius 3 is 2.86 bits per heavy atom. The monoisotopic (exact) mass is 187 g/mol. The van der Waals surface area contributed by atoms with Crippen molar-refractivity contribution < 1.29 is 0 Å². The highest BCUT2D eigenvalue weighted by Crippen LogP contribution is 2.10. The molecule has 2 aromatic heterocycles. The van der Waals surface area contributed by atoms with Gasteiger partial charge in [0.2, 0.25) is 0 Å². The molecule has 72 valence electrons. The number of nitrogens with two attached hydrogens (primary N) is 1. The van der Waals surface area contributed by atoms with Gasteiger partial charge in [0.25, 0.3) is 0 Å². The van der Waals surface area contributed by atoms with E-state index < -0.39 is 0 Å². The van der Waals surface area contributed by atoms with Crippen LogP contribution in [0.15, 0.2) is 24.7 Å². The molecule has 4 heteroatoms. The summed E-state index contributed by atoms with van der Waals surface area (Å²) in [6.07, 6.45) is 3.79. The Morgan fingerprint density at radius 1 is 1.50 bits per heavy atom. The quantitative estimate of drug-likeness (QED) is 0.683. The summed E-state index contributed by atoms with van der Waals surface area (Å²) in [5.41, 5.74) is 8.83. The third kappa shape index (κ3) is 1.96. The van der Waals surface area contributed by atoms with E-state index in [9.17, 15) is 0 Å². The zero-order valence-corrected chi connectivity index (χ0v) is 8.57. The lowest BCUT2D eigenvalue weighted by molar-refractivity contribution is 1.02. The van der Waals surface area contributed by atoms with Gasteiger partial charge < -0.3 is 10.1 Å². The molecular weight excluding hydrogens is 173 g/mol. The molecule has 0 spiro atoms. The number of imidazole rings is 1. The first-order valence-electron chi connectivity index (χ1n) is 4.51. The molecule has 0 aliphatic carbocycles. The first-order valence-corrected chi connectivity index (χ1v) is 4.51. The number of aryl methyl sites for hydroxylation is 1. The molecule has 0 bridgehead atoms. The summed E-state index contributed by atoms with van der Waals surface area (Å²) in [5, 5.41) is 0. The number of nitrogens with zero attached hydrogens (tertiary/aromatic N) is 2. The predicted octanol–water partition coefficient (Wildman–Crippen LogP) is 1.30. The van der Waals surface area contributed by atoms with Gasteiger partial charge in [-0.25, -0.2) is 4.98 Å². The highest BCUT2D eigenvalue weighted by atomic mass is 15.0. The Morgan fingerprint density at radius 2 is 2.21 bits per heavy atom. The zero-order chi connectivity index (χ0) is 10.6. The molecule has 2 N–H and O–H groups in total. The van der Waals surface area contributed by atoms with E-state index in [0.29, 0.717) is 6.54 Å². The molecule has 3 nitrogen and oxygen atoms in total. The smallest absolute Gasteiger partial charge is 0.0996 e. The zero-order valence-electron chi connectivity index (χ0n) is 8.57. The van der Waals surface area contributed by atoms with Crippen molar-refractivity contribution in [2.75, 3.05) is 0 Å². The van der Waals surface area contributed by atoms with Gasteiger partial charge in [-0.3, -0.25) is 0 Å². The summed E-state index contributed by atoms with van der Waals surface area (Å²) in [6.45, 7) is 4.06. The molecule has 0 aliphatic rings. The second-order valence-electron chi connectivity index (χ2n) is 2.89. The number of pyridine rings is 1. The fraction of sp³-hybridized carbons (Fsp3) is 0.300. The Kier molecular flexibility index (Phi) is 3.71. The molecule has 2 rings (SSSR count). The molecule has 2 radical (unpaired) electrons. The second kappa shape index (κ2) is 4.81. The van der Waals surface area contributed by atoms with E-state index in [1.54, 1.807) is 6.33 Å². The minimum atomic E-state index is 0.500. The molecule has 0 saturated carbocycles. The van der Waals surface area contributed by atoms with E-state index in [0.717, 1.165) is 11.2 Å². The number of hydrogen-bond donors (Lipinski definition) is 1. The number of fused-ring (bicyclic) bond motifs is 1. The molecule has 2 aromatic rings. The van der Waals surface area contributed by atoms with Crippen molar-refractivity contribution in [1.29, 1.82) is 0 Å². The van der Waals surface area contributed by atoms with Crippen molar-refractivity contribution in [3.63, 3.8) is 0 Å². The third-order valence-corrected chi connectivity index (χ3v) is 1.97. The van der Waals surface area contributed by atoms with Crippen LogP contribution in [-0.4, -0.2) is 17.2 Å². The lowest BCUT2D eigenvalue weighted by Crippen LogP contribution is -1.97. The Labute approximate surface area is 85.4 Å². The Bertz CT molecular complexity index is 409. The van der Waals surface area contributed by atoms with Gasteiger partial charge in [0.1, 0.15) is 0 Å². The summed E-state index contributed by atoms with van der Waals surface area (Å²) < 4.78 is 1.98. The lowest BCUT2D eigenvalue weighted by Gasteiger charge is -1.96. The van der Waals surface area contributed by atoms with E-state index in [2.05, 4.69) is 31.9 Å². The van der Waals surface area contributed by atoms with Crippen LogP contribution in [0.5, 0.6) is 0 Å². The first-order chi connectivity index (χ1) is 6.81. The first kappa shape index (κ1) is 10.8. The predicted molar refractivity (Wildman–Crippen MR) is 59.4 cm³/mol. The minimum absolute atomic E-state index is 0.500. The van der Waals surface area contributed by atoms with Gasteiger partial charge in [0.15, 0.2) is 0 Å². The van der Waals surface area contributed by atoms with Crippen LogP contribution in [0, 0.1) is 6.92 Å². The van der Waals surface area contributed by atoms with Gasteiger partial charge >= 0.3 is 0 Å². The maximum absolute atomic E-state index is 5.53. The number of rotatable bonds is 1. The van der Waals surface area contributed by atoms with Crippen molar-refractivity contribution in [2.45, 2.75) is 20.3 Å². The molecule has 0 saturated heterocycles. The largest absolute Gasteiger partial charge is 0.325 e. The van der Waals surface area contributed by atoms with Crippen LogP contribution >= 0.6 is 0 Å². The topological polar surface area (TPSA) is 43.3 Å². The lowest BCUT2D eigenvalue weighted by atomic mass is 10.2.